The van der Waals surface area contributed by atoms with E-state index in [1.807, 2.05) is 18.3 Å². The average Bonchev–Trinajstić information content (AvgIpc) is 3.06. The van der Waals surface area contributed by atoms with Crippen molar-refractivity contribution in [2.75, 3.05) is 13.1 Å². The van der Waals surface area contributed by atoms with Crippen LogP contribution in [0.15, 0.2) is 35.1 Å². The van der Waals surface area contributed by atoms with Crippen LogP contribution in [0.1, 0.15) is 12.8 Å². The van der Waals surface area contributed by atoms with E-state index < -0.39 is 0 Å². The third-order valence-corrected chi connectivity index (χ3v) is 4.06. The van der Waals surface area contributed by atoms with Crippen molar-refractivity contribution < 1.29 is 4.42 Å². The van der Waals surface area contributed by atoms with Crippen LogP contribution in [-0.4, -0.2) is 22.9 Å². The van der Waals surface area contributed by atoms with Crippen LogP contribution in [0.4, 0.5) is 0 Å². The Morgan fingerprint density at radius 3 is 3.26 bits per heavy atom. The predicted molar refractivity (Wildman–Crippen MR) is 75.1 cm³/mol. The van der Waals surface area contributed by atoms with Crippen LogP contribution in [0.5, 0.6) is 0 Å². The topological polar surface area (TPSA) is 43.0 Å². The summed E-state index contributed by atoms with van der Waals surface area (Å²) in [4.78, 5) is 0. The molecule has 4 rings (SSSR count). The molecule has 1 fully saturated rings. The zero-order chi connectivity index (χ0) is 12.7. The van der Waals surface area contributed by atoms with E-state index >= 15 is 0 Å². The van der Waals surface area contributed by atoms with E-state index in [-0.39, 0.29) is 0 Å². The van der Waals surface area contributed by atoms with Crippen molar-refractivity contribution in [3.05, 3.63) is 30.7 Å². The smallest absolute Gasteiger partial charge is 0.136 e. The highest BCUT2D eigenvalue weighted by molar-refractivity contribution is 6.03. The van der Waals surface area contributed by atoms with E-state index in [9.17, 15) is 0 Å². The van der Waals surface area contributed by atoms with Crippen molar-refractivity contribution in [2.45, 2.75) is 19.4 Å². The van der Waals surface area contributed by atoms with Crippen LogP contribution in [0.3, 0.4) is 0 Å². The molecule has 4 heteroatoms. The fourth-order valence-corrected chi connectivity index (χ4v) is 3.09. The van der Waals surface area contributed by atoms with Crippen molar-refractivity contribution in [3.8, 4) is 0 Å². The molecule has 0 radical (unpaired) electrons. The molecule has 3 aromatic rings. The first-order chi connectivity index (χ1) is 9.42. The monoisotopic (exact) mass is 255 g/mol. The van der Waals surface area contributed by atoms with Gasteiger partial charge in [-0.3, -0.25) is 4.68 Å². The van der Waals surface area contributed by atoms with Crippen molar-refractivity contribution in [3.63, 3.8) is 0 Å². The number of piperidine rings is 1. The van der Waals surface area contributed by atoms with Crippen LogP contribution in [0, 0.1) is 5.92 Å². The Bertz CT molecular complexity index is 706. The lowest BCUT2D eigenvalue weighted by Gasteiger charge is -2.22. The Morgan fingerprint density at radius 1 is 1.37 bits per heavy atom. The van der Waals surface area contributed by atoms with E-state index in [1.165, 1.54) is 29.1 Å². The molecular formula is C15H17N3O. The first kappa shape index (κ1) is 11.1. The van der Waals surface area contributed by atoms with E-state index in [0.717, 1.165) is 25.2 Å². The van der Waals surface area contributed by atoms with E-state index in [2.05, 4.69) is 21.2 Å². The highest BCUT2D eigenvalue weighted by atomic mass is 16.3. The minimum absolute atomic E-state index is 0.680. The molecule has 1 aromatic carbocycles. The Labute approximate surface area is 111 Å². The lowest BCUT2D eigenvalue weighted by Crippen LogP contribution is -2.32. The molecule has 0 amide bonds. The highest BCUT2D eigenvalue weighted by Crippen LogP contribution is 2.27. The average molecular weight is 255 g/mol. The molecule has 0 aliphatic carbocycles. The summed E-state index contributed by atoms with van der Waals surface area (Å²) in [6.45, 7) is 3.24. The summed E-state index contributed by atoms with van der Waals surface area (Å²) < 4.78 is 7.63. The van der Waals surface area contributed by atoms with E-state index in [0.29, 0.717) is 5.92 Å². The molecular weight excluding hydrogens is 238 g/mol. The minimum atomic E-state index is 0.680. The Kier molecular flexibility index (Phi) is 2.55. The summed E-state index contributed by atoms with van der Waals surface area (Å²) in [5.41, 5.74) is 2.15. The van der Waals surface area contributed by atoms with Gasteiger partial charge >= 0.3 is 0 Å². The lowest BCUT2D eigenvalue weighted by molar-refractivity contribution is 0.329. The summed E-state index contributed by atoms with van der Waals surface area (Å²) in [5, 5.41) is 10.4. The number of rotatable bonds is 2. The summed E-state index contributed by atoms with van der Waals surface area (Å²) in [7, 11) is 0. The van der Waals surface area contributed by atoms with Crippen molar-refractivity contribution in [1.82, 2.24) is 15.1 Å². The maximum absolute atomic E-state index is 5.49. The van der Waals surface area contributed by atoms with E-state index in [4.69, 9.17) is 4.42 Å². The number of aromatic nitrogens is 2. The Balaban J connectivity index is 1.78. The maximum Gasteiger partial charge on any atom is 0.136 e. The second-order valence-corrected chi connectivity index (χ2v) is 5.37. The van der Waals surface area contributed by atoms with Crippen LogP contribution in [0.2, 0.25) is 0 Å². The molecule has 1 aliphatic rings. The van der Waals surface area contributed by atoms with Crippen LogP contribution in [-0.2, 0) is 6.54 Å². The molecule has 1 unspecified atom stereocenters. The summed E-state index contributed by atoms with van der Waals surface area (Å²) >= 11 is 0. The summed E-state index contributed by atoms with van der Waals surface area (Å²) in [5.74, 6) is 0.680. The Morgan fingerprint density at radius 2 is 2.37 bits per heavy atom. The van der Waals surface area contributed by atoms with Crippen LogP contribution < -0.4 is 5.32 Å². The number of hydrogen-bond donors (Lipinski definition) is 1. The van der Waals surface area contributed by atoms with Crippen molar-refractivity contribution >= 4 is 21.9 Å². The van der Waals surface area contributed by atoms with Gasteiger partial charge in [0.2, 0.25) is 0 Å². The molecule has 1 atom stereocenters. The molecule has 1 saturated heterocycles. The fourth-order valence-electron chi connectivity index (χ4n) is 3.09. The number of benzene rings is 1. The van der Waals surface area contributed by atoms with Gasteiger partial charge in [-0.25, -0.2) is 0 Å². The zero-order valence-corrected chi connectivity index (χ0v) is 10.8. The number of furan rings is 1. The van der Waals surface area contributed by atoms with Gasteiger partial charge in [0.05, 0.1) is 18.0 Å². The standard InChI is InChI=1S/C15H17N3O/c1-2-11(8-16-6-1)10-18-15-12(9-17-18)3-4-14-13(15)5-7-19-14/h3-5,7,9,11,16H,1-2,6,8,10H2. The first-order valence-corrected chi connectivity index (χ1v) is 6.94. The summed E-state index contributed by atoms with van der Waals surface area (Å²) in [6.07, 6.45) is 6.27. The Hall–Kier alpha value is -1.81. The molecule has 1 N–H and O–H groups in total. The maximum atomic E-state index is 5.49. The predicted octanol–water partition coefficient (Wildman–Crippen LogP) is 2.78. The van der Waals surface area contributed by atoms with Crippen molar-refractivity contribution in [2.24, 2.45) is 5.92 Å². The summed E-state index contributed by atoms with van der Waals surface area (Å²) in [6, 6.07) is 6.14. The van der Waals surface area contributed by atoms with Gasteiger partial charge in [-0.1, -0.05) is 0 Å². The fraction of sp³-hybridized carbons (Fsp3) is 0.400. The molecule has 0 spiro atoms. The van der Waals surface area contributed by atoms with Crippen LogP contribution in [0.25, 0.3) is 21.9 Å². The molecule has 19 heavy (non-hydrogen) atoms. The largest absolute Gasteiger partial charge is 0.464 e. The third kappa shape index (κ3) is 1.83. The second-order valence-electron chi connectivity index (χ2n) is 5.37. The molecule has 3 heterocycles. The number of nitrogens with zero attached hydrogens (tertiary/aromatic N) is 2. The number of nitrogens with one attached hydrogen (secondary N) is 1. The SMILES string of the molecule is c1cc2c(ccc3cnn(CC4CCCNC4)c32)o1. The van der Waals surface area contributed by atoms with Gasteiger partial charge in [-0.15, -0.1) is 0 Å². The second kappa shape index (κ2) is 4.38. The number of fused-ring (bicyclic) bond motifs is 3. The van der Waals surface area contributed by atoms with Gasteiger partial charge in [0, 0.05) is 17.3 Å². The molecule has 2 aromatic heterocycles. The molecule has 4 nitrogen and oxygen atoms in total. The molecule has 1 aliphatic heterocycles. The molecule has 0 saturated carbocycles. The van der Waals surface area contributed by atoms with Gasteiger partial charge in [-0.05, 0) is 50.0 Å². The van der Waals surface area contributed by atoms with E-state index in [1.54, 1.807) is 6.26 Å². The molecule has 0 bridgehead atoms. The quantitative estimate of drug-likeness (QED) is 0.765. The third-order valence-electron chi connectivity index (χ3n) is 4.06. The zero-order valence-electron chi connectivity index (χ0n) is 10.8. The highest BCUT2D eigenvalue weighted by Gasteiger charge is 2.16. The van der Waals surface area contributed by atoms with Gasteiger partial charge in [0.15, 0.2) is 0 Å². The van der Waals surface area contributed by atoms with Gasteiger partial charge in [0.1, 0.15) is 5.58 Å². The van der Waals surface area contributed by atoms with Crippen molar-refractivity contribution in [1.29, 1.82) is 0 Å². The van der Waals surface area contributed by atoms with Gasteiger partial charge < -0.3 is 9.73 Å². The van der Waals surface area contributed by atoms with Crippen LogP contribution >= 0.6 is 0 Å². The minimum Gasteiger partial charge on any atom is -0.464 e. The normalized spacial score (nSPS) is 20.3. The molecule has 98 valence electrons. The van der Waals surface area contributed by atoms with Gasteiger partial charge in [0.25, 0.3) is 0 Å². The van der Waals surface area contributed by atoms with Gasteiger partial charge in [-0.2, -0.15) is 5.10 Å². The first-order valence-electron chi connectivity index (χ1n) is 6.94. The number of hydrogen-bond acceptors (Lipinski definition) is 3. The lowest BCUT2D eigenvalue weighted by atomic mass is 10.00.